The van der Waals surface area contributed by atoms with Crippen LogP contribution in [0.1, 0.15) is 19.0 Å². The second-order valence-corrected chi connectivity index (χ2v) is 6.70. The van der Waals surface area contributed by atoms with Crippen LogP contribution in [0.4, 0.5) is 5.95 Å². The SMILES string of the molecule is CCOc1ccc2nc(N3CCCN(CC(O)CO)CC3)nc(C)c2c1. The summed E-state index contributed by atoms with van der Waals surface area (Å²) in [6.45, 7) is 8.33. The summed E-state index contributed by atoms with van der Waals surface area (Å²) in [5.41, 5.74) is 1.87. The van der Waals surface area contributed by atoms with Gasteiger partial charge in [0, 0.05) is 31.6 Å². The average Bonchev–Trinajstić information content (AvgIpc) is 2.88. The van der Waals surface area contributed by atoms with Gasteiger partial charge >= 0.3 is 0 Å². The van der Waals surface area contributed by atoms with E-state index in [0.29, 0.717) is 13.2 Å². The van der Waals surface area contributed by atoms with E-state index in [0.717, 1.165) is 60.9 Å². The molecular weight excluding hydrogens is 332 g/mol. The van der Waals surface area contributed by atoms with Crippen LogP contribution in [-0.4, -0.2) is 77.1 Å². The summed E-state index contributed by atoms with van der Waals surface area (Å²) in [7, 11) is 0. The molecule has 1 aromatic carbocycles. The Labute approximate surface area is 154 Å². The summed E-state index contributed by atoms with van der Waals surface area (Å²) in [5.74, 6) is 1.59. The van der Waals surface area contributed by atoms with E-state index in [1.165, 1.54) is 0 Å². The number of rotatable bonds is 6. The van der Waals surface area contributed by atoms with E-state index in [1.807, 2.05) is 32.0 Å². The van der Waals surface area contributed by atoms with Crippen LogP contribution in [-0.2, 0) is 0 Å². The number of fused-ring (bicyclic) bond motifs is 1. The van der Waals surface area contributed by atoms with Crippen LogP contribution in [0, 0.1) is 6.92 Å². The summed E-state index contributed by atoms with van der Waals surface area (Å²) in [5, 5.41) is 19.7. The zero-order valence-electron chi connectivity index (χ0n) is 15.6. The number of hydrogen-bond acceptors (Lipinski definition) is 7. The molecule has 0 bridgehead atoms. The zero-order chi connectivity index (χ0) is 18.5. The van der Waals surface area contributed by atoms with E-state index in [1.54, 1.807) is 0 Å². The van der Waals surface area contributed by atoms with Gasteiger partial charge in [-0.3, -0.25) is 4.90 Å². The topological polar surface area (TPSA) is 82.0 Å². The second-order valence-electron chi connectivity index (χ2n) is 6.70. The lowest BCUT2D eigenvalue weighted by Gasteiger charge is -2.23. The van der Waals surface area contributed by atoms with Gasteiger partial charge in [-0.05, 0) is 45.0 Å². The molecule has 3 rings (SSSR count). The van der Waals surface area contributed by atoms with Gasteiger partial charge in [-0.15, -0.1) is 0 Å². The monoisotopic (exact) mass is 360 g/mol. The van der Waals surface area contributed by atoms with Crippen molar-refractivity contribution in [3.63, 3.8) is 0 Å². The summed E-state index contributed by atoms with van der Waals surface area (Å²) in [6, 6.07) is 5.93. The lowest BCUT2D eigenvalue weighted by Crippen LogP contribution is -2.37. The Morgan fingerprint density at radius 3 is 2.81 bits per heavy atom. The van der Waals surface area contributed by atoms with Crippen molar-refractivity contribution in [2.24, 2.45) is 0 Å². The van der Waals surface area contributed by atoms with Crippen LogP contribution < -0.4 is 9.64 Å². The minimum Gasteiger partial charge on any atom is -0.494 e. The van der Waals surface area contributed by atoms with Gasteiger partial charge in [-0.25, -0.2) is 9.97 Å². The molecule has 1 fully saturated rings. The lowest BCUT2D eigenvalue weighted by molar-refractivity contribution is 0.0612. The average molecular weight is 360 g/mol. The van der Waals surface area contributed by atoms with Crippen LogP contribution in [0.3, 0.4) is 0 Å². The standard InChI is InChI=1S/C19H28N4O3/c1-3-26-16-5-6-18-17(11-16)14(2)20-19(21-18)23-8-4-7-22(9-10-23)12-15(25)13-24/h5-6,11,15,24-25H,3-4,7-10,12-13H2,1-2H3. The van der Waals surface area contributed by atoms with E-state index in [-0.39, 0.29) is 6.61 Å². The molecule has 1 aliphatic rings. The second kappa shape index (κ2) is 8.62. The molecule has 1 aliphatic heterocycles. The maximum absolute atomic E-state index is 9.66. The van der Waals surface area contributed by atoms with Crippen molar-refractivity contribution in [2.75, 3.05) is 50.8 Å². The minimum atomic E-state index is -0.680. The van der Waals surface area contributed by atoms with Crippen molar-refractivity contribution < 1.29 is 14.9 Å². The minimum absolute atomic E-state index is 0.197. The molecule has 2 heterocycles. The fourth-order valence-electron chi connectivity index (χ4n) is 3.35. The molecule has 7 nitrogen and oxygen atoms in total. The highest BCUT2D eigenvalue weighted by Gasteiger charge is 2.19. The van der Waals surface area contributed by atoms with Gasteiger partial charge in [-0.1, -0.05) is 0 Å². The van der Waals surface area contributed by atoms with Crippen LogP contribution in [0.5, 0.6) is 5.75 Å². The molecule has 0 spiro atoms. The predicted molar refractivity (Wildman–Crippen MR) is 102 cm³/mol. The number of ether oxygens (including phenoxy) is 1. The number of aryl methyl sites for hydroxylation is 1. The Balaban J connectivity index is 1.76. The van der Waals surface area contributed by atoms with E-state index < -0.39 is 6.10 Å². The molecule has 2 aromatic rings. The Bertz CT molecular complexity index is 740. The van der Waals surface area contributed by atoms with Gasteiger partial charge in [-0.2, -0.15) is 0 Å². The molecule has 0 amide bonds. The number of aromatic nitrogens is 2. The number of anilines is 1. The van der Waals surface area contributed by atoms with Crippen LogP contribution in [0.15, 0.2) is 18.2 Å². The highest BCUT2D eigenvalue weighted by Crippen LogP contribution is 2.24. The van der Waals surface area contributed by atoms with Gasteiger partial charge in [0.2, 0.25) is 5.95 Å². The van der Waals surface area contributed by atoms with Gasteiger partial charge in [0.1, 0.15) is 5.75 Å². The molecule has 1 saturated heterocycles. The summed E-state index contributed by atoms with van der Waals surface area (Å²) < 4.78 is 5.57. The summed E-state index contributed by atoms with van der Waals surface area (Å²) in [6.07, 6.45) is 0.294. The van der Waals surface area contributed by atoms with Gasteiger partial charge < -0.3 is 19.8 Å². The molecule has 142 valence electrons. The van der Waals surface area contributed by atoms with Crippen molar-refractivity contribution >= 4 is 16.9 Å². The smallest absolute Gasteiger partial charge is 0.226 e. The molecule has 0 aliphatic carbocycles. The fraction of sp³-hybridized carbons (Fsp3) is 0.579. The first-order valence-corrected chi connectivity index (χ1v) is 9.28. The van der Waals surface area contributed by atoms with Gasteiger partial charge in [0.25, 0.3) is 0 Å². The number of aliphatic hydroxyl groups is 2. The van der Waals surface area contributed by atoms with E-state index in [2.05, 4.69) is 9.80 Å². The van der Waals surface area contributed by atoms with Crippen LogP contribution >= 0.6 is 0 Å². The number of β-amino-alcohol motifs (C(OH)–C–C–N with tert-alkyl or cyclic N) is 1. The Morgan fingerprint density at radius 1 is 1.19 bits per heavy atom. The molecule has 26 heavy (non-hydrogen) atoms. The molecular formula is C19H28N4O3. The number of hydrogen-bond donors (Lipinski definition) is 2. The molecule has 0 radical (unpaired) electrons. The molecule has 1 unspecified atom stereocenters. The quantitative estimate of drug-likeness (QED) is 0.801. The maximum atomic E-state index is 9.66. The molecule has 1 atom stereocenters. The van der Waals surface area contributed by atoms with E-state index in [9.17, 15) is 5.11 Å². The zero-order valence-corrected chi connectivity index (χ0v) is 15.6. The van der Waals surface area contributed by atoms with Crippen molar-refractivity contribution in [1.82, 2.24) is 14.9 Å². The Morgan fingerprint density at radius 2 is 2.04 bits per heavy atom. The number of nitrogens with zero attached hydrogens (tertiary/aromatic N) is 4. The third-order valence-corrected chi connectivity index (χ3v) is 4.71. The third kappa shape index (κ3) is 4.41. The Kier molecular flexibility index (Phi) is 6.24. The highest BCUT2D eigenvalue weighted by atomic mass is 16.5. The third-order valence-electron chi connectivity index (χ3n) is 4.71. The first kappa shape index (κ1) is 18.8. The molecule has 0 saturated carbocycles. The van der Waals surface area contributed by atoms with Gasteiger partial charge in [0.05, 0.1) is 30.5 Å². The molecule has 1 aromatic heterocycles. The fourth-order valence-corrected chi connectivity index (χ4v) is 3.35. The first-order chi connectivity index (χ1) is 12.6. The van der Waals surface area contributed by atoms with Crippen LogP contribution in [0.25, 0.3) is 10.9 Å². The Hall–Kier alpha value is -1.96. The number of benzene rings is 1. The van der Waals surface area contributed by atoms with E-state index >= 15 is 0 Å². The summed E-state index contributed by atoms with van der Waals surface area (Å²) in [4.78, 5) is 13.9. The van der Waals surface area contributed by atoms with Crippen LogP contribution in [0.2, 0.25) is 0 Å². The van der Waals surface area contributed by atoms with Crippen molar-refractivity contribution in [3.8, 4) is 5.75 Å². The van der Waals surface area contributed by atoms with Gasteiger partial charge in [0.15, 0.2) is 0 Å². The number of aliphatic hydroxyl groups excluding tert-OH is 2. The van der Waals surface area contributed by atoms with Crippen molar-refractivity contribution in [2.45, 2.75) is 26.4 Å². The molecule has 2 N–H and O–H groups in total. The predicted octanol–water partition coefficient (Wildman–Crippen LogP) is 1.20. The normalized spacial score (nSPS) is 17.3. The lowest BCUT2D eigenvalue weighted by atomic mass is 10.2. The maximum Gasteiger partial charge on any atom is 0.226 e. The van der Waals surface area contributed by atoms with Crippen molar-refractivity contribution in [3.05, 3.63) is 23.9 Å². The van der Waals surface area contributed by atoms with E-state index in [4.69, 9.17) is 19.8 Å². The summed E-state index contributed by atoms with van der Waals surface area (Å²) >= 11 is 0. The largest absolute Gasteiger partial charge is 0.494 e. The molecule has 7 heteroatoms. The highest BCUT2D eigenvalue weighted by molar-refractivity contribution is 5.83. The van der Waals surface area contributed by atoms with Crippen molar-refractivity contribution in [1.29, 1.82) is 0 Å². The first-order valence-electron chi connectivity index (χ1n) is 9.28.